The number of aromatic nitrogens is 1. The predicted molar refractivity (Wildman–Crippen MR) is 134 cm³/mol. The Kier molecular flexibility index (Phi) is 8.47. The molecule has 0 atom stereocenters. The molecule has 0 unspecified atom stereocenters. The van der Waals surface area contributed by atoms with Crippen molar-refractivity contribution in [1.82, 2.24) is 9.88 Å². The average Bonchev–Trinajstić information content (AvgIpc) is 3.17. The Bertz CT molecular complexity index is 1060. The summed E-state index contributed by atoms with van der Waals surface area (Å²) in [7, 11) is 0. The van der Waals surface area contributed by atoms with Crippen LogP contribution in [0.25, 0.3) is 10.2 Å². The maximum atomic E-state index is 13.5. The van der Waals surface area contributed by atoms with Gasteiger partial charge in [0.05, 0.1) is 20.8 Å². The minimum absolute atomic E-state index is 0. The standard InChI is InChI=1S/C22H23Cl2N3O3S.ClH/c1-3-26(4-2)7-8-27(21(28)15-6-5-14(23)11-16(15)24)22-25-17-12-18-19(13-20(17)31-22)30-10-9-29-18;/h5-6,11-13H,3-4,7-10H2,1-2H3;1H. The molecule has 2 aromatic carbocycles. The van der Waals surface area contributed by atoms with Crippen LogP contribution in [0.5, 0.6) is 11.5 Å². The van der Waals surface area contributed by atoms with Gasteiger partial charge in [0.1, 0.15) is 13.2 Å². The molecule has 3 aromatic rings. The van der Waals surface area contributed by atoms with E-state index in [1.807, 2.05) is 12.1 Å². The topological polar surface area (TPSA) is 54.9 Å². The number of anilines is 1. The maximum absolute atomic E-state index is 13.5. The fourth-order valence-electron chi connectivity index (χ4n) is 3.44. The number of thiazole rings is 1. The molecule has 10 heteroatoms. The average molecular weight is 517 g/mol. The molecule has 0 bridgehead atoms. The van der Waals surface area contributed by atoms with E-state index in [1.54, 1.807) is 23.1 Å². The second kappa shape index (κ2) is 10.9. The second-order valence-corrected chi connectivity index (χ2v) is 8.92. The smallest absolute Gasteiger partial charge is 0.261 e. The molecular formula is C22H24Cl3N3O3S. The zero-order valence-corrected chi connectivity index (χ0v) is 20.9. The molecule has 0 N–H and O–H groups in total. The van der Waals surface area contributed by atoms with Gasteiger partial charge in [0, 0.05) is 30.2 Å². The minimum Gasteiger partial charge on any atom is -0.486 e. The monoisotopic (exact) mass is 515 g/mol. The van der Waals surface area contributed by atoms with Gasteiger partial charge in [0.25, 0.3) is 5.91 Å². The van der Waals surface area contributed by atoms with Crippen LogP contribution in [-0.4, -0.2) is 55.2 Å². The highest BCUT2D eigenvalue weighted by Crippen LogP contribution is 2.39. The molecule has 0 spiro atoms. The van der Waals surface area contributed by atoms with E-state index in [2.05, 4.69) is 18.7 Å². The van der Waals surface area contributed by atoms with E-state index < -0.39 is 0 Å². The Morgan fingerprint density at radius 2 is 1.75 bits per heavy atom. The van der Waals surface area contributed by atoms with E-state index in [0.29, 0.717) is 52.0 Å². The molecule has 32 heavy (non-hydrogen) atoms. The Labute approximate surface area is 207 Å². The largest absolute Gasteiger partial charge is 0.486 e. The van der Waals surface area contributed by atoms with Crippen molar-refractivity contribution in [3.05, 3.63) is 45.9 Å². The summed E-state index contributed by atoms with van der Waals surface area (Å²) in [5, 5.41) is 1.42. The zero-order valence-electron chi connectivity index (χ0n) is 17.8. The van der Waals surface area contributed by atoms with E-state index in [1.165, 1.54) is 11.3 Å². The molecule has 6 nitrogen and oxygen atoms in total. The molecule has 0 fully saturated rings. The van der Waals surface area contributed by atoms with Gasteiger partial charge >= 0.3 is 0 Å². The molecule has 1 aliphatic heterocycles. The van der Waals surface area contributed by atoms with Crippen molar-refractivity contribution in [3.8, 4) is 11.5 Å². The summed E-state index contributed by atoms with van der Waals surface area (Å²) >= 11 is 13.8. The number of rotatable bonds is 7. The number of halogens is 3. The summed E-state index contributed by atoms with van der Waals surface area (Å²) in [6.45, 7) is 8.27. The Balaban J connectivity index is 0.00000289. The molecule has 0 radical (unpaired) electrons. The van der Waals surface area contributed by atoms with Gasteiger partial charge in [-0.25, -0.2) is 4.98 Å². The van der Waals surface area contributed by atoms with Gasteiger partial charge in [0.15, 0.2) is 16.6 Å². The van der Waals surface area contributed by atoms with Crippen LogP contribution in [0, 0.1) is 0 Å². The van der Waals surface area contributed by atoms with Gasteiger partial charge in [0.2, 0.25) is 0 Å². The molecule has 0 saturated carbocycles. The third-order valence-electron chi connectivity index (χ3n) is 5.21. The number of nitrogens with zero attached hydrogens (tertiary/aromatic N) is 3. The van der Waals surface area contributed by atoms with Crippen molar-refractivity contribution in [2.24, 2.45) is 0 Å². The first kappa shape index (κ1) is 24.9. The predicted octanol–water partition coefficient (Wildman–Crippen LogP) is 5.78. The number of fused-ring (bicyclic) bond motifs is 2. The van der Waals surface area contributed by atoms with E-state index >= 15 is 0 Å². The van der Waals surface area contributed by atoms with Gasteiger partial charge in [-0.15, -0.1) is 12.4 Å². The van der Waals surface area contributed by atoms with Crippen molar-refractivity contribution in [2.75, 3.05) is 44.3 Å². The normalized spacial score (nSPS) is 12.7. The van der Waals surface area contributed by atoms with Gasteiger partial charge in [-0.3, -0.25) is 9.69 Å². The summed E-state index contributed by atoms with van der Waals surface area (Å²) in [6.07, 6.45) is 0. The van der Waals surface area contributed by atoms with Crippen molar-refractivity contribution in [3.63, 3.8) is 0 Å². The lowest BCUT2D eigenvalue weighted by molar-refractivity contribution is 0.0984. The maximum Gasteiger partial charge on any atom is 0.261 e. The molecule has 1 amide bonds. The first-order chi connectivity index (χ1) is 15.0. The molecule has 1 aromatic heterocycles. The van der Waals surface area contributed by atoms with E-state index in [9.17, 15) is 4.79 Å². The van der Waals surface area contributed by atoms with Crippen LogP contribution in [-0.2, 0) is 0 Å². The summed E-state index contributed by atoms with van der Waals surface area (Å²) in [5.74, 6) is 1.18. The number of likely N-dealkylation sites (N-methyl/N-ethyl adjacent to an activating group) is 1. The Morgan fingerprint density at radius 1 is 1.06 bits per heavy atom. The quantitative estimate of drug-likeness (QED) is 0.398. The third-order valence-corrected chi connectivity index (χ3v) is 6.80. The summed E-state index contributed by atoms with van der Waals surface area (Å²) in [6, 6.07) is 8.70. The molecule has 172 valence electrons. The van der Waals surface area contributed by atoms with Gasteiger partial charge in [-0.1, -0.05) is 48.4 Å². The number of benzene rings is 2. The number of carbonyl (C=O) groups is 1. The molecule has 0 aliphatic carbocycles. The number of amides is 1. The zero-order chi connectivity index (χ0) is 22.0. The SMILES string of the molecule is CCN(CC)CCN(C(=O)c1ccc(Cl)cc1Cl)c1nc2cc3c(cc2s1)OCCO3.Cl. The number of hydrogen-bond donors (Lipinski definition) is 0. The lowest BCUT2D eigenvalue weighted by Crippen LogP contribution is -2.39. The van der Waals surface area contributed by atoms with Crippen LogP contribution in [0.15, 0.2) is 30.3 Å². The fourth-order valence-corrected chi connectivity index (χ4v) is 4.93. The van der Waals surface area contributed by atoms with E-state index in [4.69, 9.17) is 37.7 Å². The van der Waals surface area contributed by atoms with E-state index in [-0.39, 0.29) is 18.3 Å². The lowest BCUT2D eigenvalue weighted by atomic mass is 10.2. The number of ether oxygens (including phenoxy) is 2. The van der Waals surface area contributed by atoms with Crippen LogP contribution in [0.3, 0.4) is 0 Å². The third kappa shape index (κ3) is 5.24. The lowest BCUT2D eigenvalue weighted by Gasteiger charge is -2.25. The number of carbonyl (C=O) groups excluding carboxylic acids is 1. The van der Waals surface area contributed by atoms with Crippen LogP contribution < -0.4 is 14.4 Å². The van der Waals surface area contributed by atoms with Crippen molar-refractivity contribution in [1.29, 1.82) is 0 Å². The van der Waals surface area contributed by atoms with Crippen LogP contribution in [0.1, 0.15) is 24.2 Å². The first-order valence-corrected chi connectivity index (χ1v) is 11.8. The number of hydrogen-bond acceptors (Lipinski definition) is 6. The van der Waals surface area contributed by atoms with Crippen molar-refractivity contribution >= 4 is 68.2 Å². The van der Waals surface area contributed by atoms with Gasteiger partial charge in [-0.05, 0) is 31.3 Å². The van der Waals surface area contributed by atoms with Gasteiger partial charge in [-0.2, -0.15) is 0 Å². The molecule has 4 rings (SSSR count). The van der Waals surface area contributed by atoms with E-state index in [0.717, 1.165) is 29.9 Å². The van der Waals surface area contributed by atoms with Crippen LogP contribution in [0.4, 0.5) is 5.13 Å². The Hall–Kier alpha value is -1.77. The summed E-state index contributed by atoms with van der Waals surface area (Å²) < 4.78 is 12.3. The second-order valence-electron chi connectivity index (χ2n) is 7.07. The molecule has 0 saturated heterocycles. The summed E-state index contributed by atoms with van der Waals surface area (Å²) in [5.41, 5.74) is 1.17. The molecule has 2 heterocycles. The summed E-state index contributed by atoms with van der Waals surface area (Å²) in [4.78, 5) is 22.2. The highest BCUT2D eigenvalue weighted by Gasteiger charge is 2.25. The molecular weight excluding hydrogens is 493 g/mol. The van der Waals surface area contributed by atoms with Crippen molar-refractivity contribution < 1.29 is 14.3 Å². The van der Waals surface area contributed by atoms with Crippen molar-refractivity contribution in [2.45, 2.75) is 13.8 Å². The minimum atomic E-state index is -0.204. The van der Waals surface area contributed by atoms with Crippen LogP contribution in [0.2, 0.25) is 10.0 Å². The highest BCUT2D eigenvalue weighted by molar-refractivity contribution is 7.22. The molecule has 1 aliphatic rings. The first-order valence-electron chi connectivity index (χ1n) is 10.2. The van der Waals surface area contributed by atoms with Gasteiger partial charge < -0.3 is 14.4 Å². The highest BCUT2D eigenvalue weighted by atomic mass is 35.5. The Morgan fingerprint density at radius 3 is 2.41 bits per heavy atom. The van der Waals surface area contributed by atoms with Crippen LogP contribution >= 0.6 is 46.9 Å². The fraction of sp³-hybridized carbons (Fsp3) is 0.364.